The maximum absolute atomic E-state index is 10.5. The molecule has 0 radical (unpaired) electrons. The van der Waals surface area contributed by atoms with Crippen molar-refractivity contribution in [3.8, 4) is 11.1 Å². The summed E-state index contributed by atoms with van der Waals surface area (Å²) in [6.07, 6.45) is 4.75. The number of benzene rings is 1. The molecule has 1 aromatic carbocycles. The molecule has 2 rings (SSSR count). The summed E-state index contributed by atoms with van der Waals surface area (Å²) < 4.78 is 1.68. The van der Waals surface area contributed by atoms with E-state index in [1.165, 1.54) is 11.1 Å². The summed E-state index contributed by atoms with van der Waals surface area (Å²) in [4.78, 5) is 10.5. The van der Waals surface area contributed by atoms with Gasteiger partial charge in [-0.1, -0.05) is 31.2 Å². The largest absolute Gasteiger partial charge is 0.481 e. The highest BCUT2D eigenvalue weighted by Crippen LogP contribution is 2.23. The zero-order valence-corrected chi connectivity index (χ0v) is 10.3. The number of carbonyl (C=O) groups is 1. The van der Waals surface area contributed by atoms with Crippen LogP contribution in [0.1, 0.15) is 18.9 Å². The van der Waals surface area contributed by atoms with E-state index >= 15 is 0 Å². The molecule has 94 valence electrons. The molecule has 1 N–H and O–H groups in total. The molecule has 18 heavy (non-hydrogen) atoms. The van der Waals surface area contributed by atoms with Crippen LogP contribution >= 0.6 is 0 Å². The predicted octanol–water partition coefficient (Wildman–Crippen LogP) is 2.59. The molecule has 0 amide bonds. The fourth-order valence-corrected chi connectivity index (χ4v) is 1.95. The SMILES string of the molecule is CCc1ccccc1-c1cnn(CCC(=O)O)c1. The van der Waals surface area contributed by atoms with Crippen LogP contribution in [0, 0.1) is 0 Å². The number of aryl methyl sites for hydroxylation is 2. The first kappa shape index (κ1) is 12.4. The maximum Gasteiger partial charge on any atom is 0.305 e. The topological polar surface area (TPSA) is 55.1 Å². The van der Waals surface area contributed by atoms with Gasteiger partial charge in [0.15, 0.2) is 0 Å². The molecule has 0 bridgehead atoms. The van der Waals surface area contributed by atoms with Crippen LogP contribution in [0.3, 0.4) is 0 Å². The number of aliphatic carboxylic acids is 1. The van der Waals surface area contributed by atoms with Crippen molar-refractivity contribution in [1.82, 2.24) is 9.78 Å². The van der Waals surface area contributed by atoms with Crippen molar-refractivity contribution in [2.24, 2.45) is 0 Å². The molecular weight excluding hydrogens is 228 g/mol. The van der Waals surface area contributed by atoms with Crippen molar-refractivity contribution in [2.45, 2.75) is 26.3 Å². The maximum atomic E-state index is 10.5. The Labute approximate surface area is 106 Å². The summed E-state index contributed by atoms with van der Waals surface area (Å²) in [6, 6.07) is 8.20. The third kappa shape index (κ3) is 2.77. The molecule has 0 fully saturated rings. The van der Waals surface area contributed by atoms with Crippen molar-refractivity contribution >= 4 is 5.97 Å². The predicted molar refractivity (Wildman–Crippen MR) is 69.3 cm³/mol. The molecule has 1 heterocycles. The Hall–Kier alpha value is -2.10. The van der Waals surface area contributed by atoms with Gasteiger partial charge in [-0.15, -0.1) is 0 Å². The molecule has 0 aliphatic heterocycles. The Balaban J connectivity index is 2.21. The van der Waals surface area contributed by atoms with Gasteiger partial charge in [-0.05, 0) is 17.5 Å². The smallest absolute Gasteiger partial charge is 0.305 e. The molecule has 0 aliphatic rings. The Kier molecular flexibility index (Phi) is 3.77. The molecule has 2 aromatic rings. The molecule has 0 spiro atoms. The number of rotatable bonds is 5. The van der Waals surface area contributed by atoms with E-state index in [0.717, 1.165) is 12.0 Å². The number of aromatic nitrogens is 2. The van der Waals surface area contributed by atoms with Gasteiger partial charge in [0, 0.05) is 11.8 Å². The summed E-state index contributed by atoms with van der Waals surface area (Å²) >= 11 is 0. The highest BCUT2D eigenvalue weighted by molar-refractivity contribution is 5.67. The summed E-state index contributed by atoms with van der Waals surface area (Å²) in [6.45, 7) is 2.53. The van der Waals surface area contributed by atoms with Gasteiger partial charge in [0.05, 0.1) is 19.2 Å². The Morgan fingerprint density at radius 3 is 2.89 bits per heavy atom. The van der Waals surface area contributed by atoms with E-state index in [-0.39, 0.29) is 6.42 Å². The lowest BCUT2D eigenvalue weighted by atomic mass is 10.0. The van der Waals surface area contributed by atoms with Gasteiger partial charge >= 0.3 is 5.97 Å². The molecule has 0 unspecified atom stereocenters. The van der Waals surface area contributed by atoms with Gasteiger partial charge in [0.25, 0.3) is 0 Å². The average molecular weight is 244 g/mol. The second-order valence-electron chi connectivity index (χ2n) is 4.15. The van der Waals surface area contributed by atoms with Crippen molar-refractivity contribution < 1.29 is 9.90 Å². The van der Waals surface area contributed by atoms with Gasteiger partial charge in [-0.2, -0.15) is 5.10 Å². The van der Waals surface area contributed by atoms with E-state index in [9.17, 15) is 4.79 Å². The van der Waals surface area contributed by atoms with E-state index in [4.69, 9.17) is 5.11 Å². The third-order valence-corrected chi connectivity index (χ3v) is 2.90. The molecule has 0 saturated carbocycles. The lowest BCUT2D eigenvalue weighted by Crippen LogP contribution is -2.04. The number of nitrogens with zero attached hydrogens (tertiary/aromatic N) is 2. The highest BCUT2D eigenvalue weighted by Gasteiger charge is 2.06. The molecule has 4 nitrogen and oxygen atoms in total. The van der Waals surface area contributed by atoms with E-state index in [2.05, 4.69) is 24.2 Å². The van der Waals surface area contributed by atoms with E-state index in [1.807, 2.05) is 18.3 Å². The first-order valence-electron chi connectivity index (χ1n) is 6.03. The summed E-state index contributed by atoms with van der Waals surface area (Å²) in [5, 5.41) is 12.8. The van der Waals surface area contributed by atoms with Crippen LogP contribution in [-0.4, -0.2) is 20.9 Å². The summed E-state index contributed by atoms with van der Waals surface area (Å²) in [7, 11) is 0. The van der Waals surface area contributed by atoms with E-state index in [1.54, 1.807) is 10.9 Å². The number of carboxylic acids is 1. The normalized spacial score (nSPS) is 10.5. The fourth-order valence-electron chi connectivity index (χ4n) is 1.95. The van der Waals surface area contributed by atoms with Crippen LogP contribution in [0.15, 0.2) is 36.7 Å². The Morgan fingerprint density at radius 2 is 2.17 bits per heavy atom. The number of carboxylic acid groups (broad SMARTS) is 1. The summed E-state index contributed by atoms with van der Waals surface area (Å²) in [5.74, 6) is -0.805. The van der Waals surface area contributed by atoms with Crippen molar-refractivity contribution in [3.05, 3.63) is 42.2 Å². The quantitative estimate of drug-likeness (QED) is 0.879. The minimum Gasteiger partial charge on any atom is -0.481 e. The van der Waals surface area contributed by atoms with E-state index in [0.29, 0.717) is 6.54 Å². The highest BCUT2D eigenvalue weighted by atomic mass is 16.4. The number of hydrogen-bond donors (Lipinski definition) is 1. The van der Waals surface area contributed by atoms with Gasteiger partial charge in [-0.25, -0.2) is 0 Å². The zero-order valence-electron chi connectivity index (χ0n) is 10.3. The molecule has 1 aromatic heterocycles. The molecule has 0 aliphatic carbocycles. The third-order valence-electron chi connectivity index (χ3n) is 2.90. The molecular formula is C14H16N2O2. The van der Waals surface area contributed by atoms with Crippen LogP contribution < -0.4 is 0 Å². The van der Waals surface area contributed by atoms with E-state index < -0.39 is 5.97 Å². The Bertz CT molecular complexity index is 546. The van der Waals surface area contributed by atoms with Gasteiger partial charge in [0.1, 0.15) is 0 Å². The zero-order chi connectivity index (χ0) is 13.0. The van der Waals surface area contributed by atoms with Crippen molar-refractivity contribution in [2.75, 3.05) is 0 Å². The second kappa shape index (κ2) is 5.49. The second-order valence-corrected chi connectivity index (χ2v) is 4.15. The van der Waals surface area contributed by atoms with Crippen LogP contribution in [0.25, 0.3) is 11.1 Å². The van der Waals surface area contributed by atoms with Crippen molar-refractivity contribution in [3.63, 3.8) is 0 Å². The lowest BCUT2D eigenvalue weighted by molar-refractivity contribution is -0.137. The lowest BCUT2D eigenvalue weighted by Gasteiger charge is -2.04. The van der Waals surface area contributed by atoms with Crippen LogP contribution in [0.5, 0.6) is 0 Å². The van der Waals surface area contributed by atoms with Crippen LogP contribution in [-0.2, 0) is 17.8 Å². The van der Waals surface area contributed by atoms with Gasteiger partial charge in [0.2, 0.25) is 0 Å². The Morgan fingerprint density at radius 1 is 1.39 bits per heavy atom. The average Bonchev–Trinajstić information content (AvgIpc) is 2.85. The summed E-state index contributed by atoms with van der Waals surface area (Å²) in [5.41, 5.74) is 3.48. The number of hydrogen-bond acceptors (Lipinski definition) is 2. The van der Waals surface area contributed by atoms with Gasteiger partial charge in [-0.3, -0.25) is 9.48 Å². The first-order chi connectivity index (χ1) is 8.70. The minimum absolute atomic E-state index is 0.0938. The standard InChI is InChI=1S/C14H16N2O2/c1-2-11-5-3-4-6-13(11)12-9-15-16(10-12)8-7-14(17)18/h3-6,9-10H,2,7-8H2,1H3,(H,17,18). The minimum atomic E-state index is -0.805. The molecule has 0 atom stereocenters. The molecule has 0 saturated heterocycles. The first-order valence-corrected chi connectivity index (χ1v) is 6.03. The van der Waals surface area contributed by atoms with Gasteiger partial charge < -0.3 is 5.11 Å². The van der Waals surface area contributed by atoms with Crippen LogP contribution in [0.2, 0.25) is 0 Å². The van der Waals surface area contributed by atoms with Crippen LogP contribution in [0.4, 0.5) is 0 Å². The molecule has 4 heteroatoms. The van der Waals surface area contributed by atoms with Crippen molar-refractivity contribution in [1.29, 1.82) is 0 Å². The monoisotopic (exact) mass is 244 g/mol. The fraction of sp³-hybridized carbons (Fsp3) is 0.286.